The molecule has 0 bridgehead atoms. The Kier molecular flexibility index (Phi) is 5.66. The van der Waals surface area contributed by atoms with Gasteiger partial charge in [0.15, 0.2) is 0 Å². The number of aromatic nitrogens is 3. The maximum Gasteiger partial charge on any atom is 0.417 e. The summed E-state index contributed by atoms with van der Waals surface area (Å²) in [4.78, 5) is 12.9. The number of alkyl halides is 3. The Bertz CT molecular complexity index is 1000. The summed E-state index contributed by atoms with van der Waals surface area (Å²) in [7, 11) is 0. The van der Waals surface area contributed by atoms with E-state index in [1.54, 1.807) is 30.6 Å². The standard InChI is InChI=1S/C20H19ClF3N5/c1-19(2,3)29-18-27-16(12-6-8-25-9-7-12)11-17(28-18)26-13-4-5-15(21)14(10-13)20(22,23)24/h4-11H,1-3H3,(H2,26,27,28,29). The van der Waals surface area contributed by atoms with E-state index in [4.69, 9.17) is 11.6 Å². The Balaban J connectivity index is 2.01. The summed E-state index contributed by atoms with van der Waals surface area (Å²) in [5.41, 5.74) is 0.386. The average molecular weight is 422 g/mol. The molecule has 0 aliphatic carbocycles. The van der Waals surface area contributed by atoms with E-state index in [-0.39, 0.29) is 16.2 Å². The molecular formula is C20H19ClF3N5. The first-order valence-corrected chi connectivity index (χ1v) is 9.10. The average Bonchev–Trinajstić information content (AvgIpc) is 2.61. The summed E-state index contributed by atoms with van der Waals surface area (Å²) in [6, 6.07) is 8.85. The van der Waals surface area contributed by atoms with Crippen LogP contribution >= 0.6 is 11.6 Å². The van der Waals surface area contributed by atoms with Gasteiger partial charge in [0.25, 0.3) is 0 Å². The van der Waals surface area contributed by atoms with Gasteiger partial charge in [-0.15, -0.1) is 0 Å². The first-order chi connectivity index (χ1) is 13.5. The van der Waals surface area contributed by atoms with Crippen LogP contribution in [0, 0.1) is 0 Å². The Morgan fingerprint density at radius 1 is 0.931 bits per heavy atom. The zero-order valence-electron chi connectivity index (χ0n) is 16.0. The largest absolute Gasteiger partial charge is 0.417 e. The molecule has 0 amide bonds. The molecular weight excluding hydrogens is 403 g/mol. The Hall–Kier alpha value is -2.87. The fourth-order valence-electron chi connectivity index (χ4n) is 2.54. The number of pyridine rings is 1. The number of benzene rings is 1. The van der Waals surface area contributed by atoms with Crippen molar-refractivity contribution in [3.63, 3.8) is 0 Å². The van der Waals surface area contributed by atoms with Crippen LogP contribution in [0.4, 0.5) is 30.6 Å². The number of rotatable bonds is 4. The van der Waals surface area contributed by atoms with Crippen molar-refractivity contribution in [2.45, 2.75) is 32.5 Å². The molecule has 0 saturated heterocycles. The summed E-state index contributed by atoms with van der Waals surface area (Å²) < 4.78 is 39.4. The van der Waals surface area contributed by atoms with E-state index in [1.807, 2.05) is 20.8 Å². The summed E-state index contributed by atoms with van der Waals surface area (Å²) in [5.74, 6) is 0.688. The molecule has 0 unspecified atom stereocenters. The van der Waals surface area contributed by atoms with Gasteiger partial charge in [0, 0.05) is 35.2 Å². The lowest BCUT2D eigenvalue weighted by Gasteiger charge is -2.21. The van der Waals surface area contributed by atoms with E-state index < -0.39 is 11.7 Å². The van der Waals surface area contributed by atoms with Crippen LogP contribution < -0.4 is 10.6 Å². The molecule has 2 heterocycles. The highest BCUT2D eigenvalue weighted by molar-refractivity contribution is 6.31. The van der Waals surface area contributed by atoms with E-state index in [0.717, 1.165) is 11.6 Å². The van der Waals surface area contributed by atoms with Crippen molar-refractivity contribution in [1.29, 1.82) is 0 Å². The van der Waals surface area contributed by atoms with E-state index in [1.165, 1.54) is 12.1 Å². The second kappa shape index (κ2) is 7.87. The van der Waals surface area contributed by atoms with Crippen LogP contribution in [0.15, 0.2) is 48.8 Å². The van der Waals surface area contributed by atoms with Crippen LogP contribution in [-0.2, 0) is 6.18 Å². The van der Waals surface area contributed by atoms with Crippen LogP contribution in [0.2, 0.25) is 5.02 Å². The molecule has 2 aromatic heterocycles. The number of halogens is 4. The van der Waals surface area contributed by atoms with Gasteiger partial charge in [-0.1, -0.05) is 11.6 Å². The highest BCUT2D eigenvalue weighted by atomic mass is 35.5. The quantitative estimate of drug-likeness (QED) is 0.527. The molecule has 0 radical (unpaired) electrons. The highest BCUT2D eigenvalue weighted by Crippen LogP contribution is 2.36. The molecule has 0 aliphatic heterocycles. The molecule has 1 aromatic carbocycles. The monoisotopic (exact) mass is 421 g/mol. The second-order valence-electron chi connectivity index (χ2n) is 7.39. The van der Waals surface area contributed by atoms with Crippen molar-refractivity contribution in [2.24, 2.45) is 0 Å². The molecule has 0 aliphatic rings. The normalized spacial score (nSPS) is 12.0. The molecule has 0 fully saturated rings. The predicted molar refractivity (Wildman–Crippen MR) is 108 cm³/mol. The van der Waals surface area contributed by atoms with Crippen molar-refractivity contribution in [2.75, 3.05) is 10.6 Å². The van der Waals surface area contributed by atoms with Gasteiger partial charge in [-0.3, -0.25) is 4.98 Å². The second-order valence-corrected chi connectivity index (χ2v) is 7.80. The summed E-state index contributed by atoms with van der Waals surface area (Å²) in [6.07, 6.45) is -1.28. The SMILES string of the molecule is CC(C)(C)Nc1nc(Nc2ccc(Cl)c(C(F)(F)F)c2)cc(-c2ccncc2)n1. The van der Waals surface area contributed by atoms with Crippen molar-refractivity contribution < 1.29 is 13.2 Å². The summed E-state index contributed by atoms with van der Waals surface area (Å²) in [5, 5.41) is 5.74. The van der Waals surface area contributed by atoms with Crippen LogP contribution in [-0.4, -0.2) is 20.5 Å². The minimum atomic E-state index is -4.55. The topological polar surface area (TPSA) is 62.7 Å². The molecule has 9 heteroatoms. The van der Waals surface area contributed by atoms with Crippen LogP contribution in [0.5, 0.6) is 0 Å². The van der Waals surface area contributed by atoms with Crippen LogP contribution in [0.3, 0.4) is 0 Å². The fourth-order valence-corrected chi connectivity index (χ4v) is 2.77. The molecule has 3 rings (SSSR count). The molecule has 5 nitrogen and oxygen atoms in total. The smallest absolute Gasteiger partial charge is 0.350 e. The van der Waals surface area contributed by atoms with Gasteiger partial charge in [0.05, 0.1) is 16.3 Å². The van der Waals surface area contributed by atoms with Gasteiger partial charge in [-0.2, -0.15) is 18.2 Å². The molecule has 2 N–H and O–H groups in total. The highest BCUT2D eigenvalue weighted by Gasteiger charge is 2.33. The van der Waals surface area contributed by atoms with Crippen molar-refractivity contribution in [1.82, 2.24) is 15.0 Å². The summed E-state index contributed by atoms with van der Waals surface area (Å²) in [6.45, 7) is 5.87. The fraction of sp³-hybridized carbons (Fsp3) is 0.250. The summed E-state index contributed by atoms with van der Waals surface area (Å²) >= 11 is 5.70. The molecule has 152 valence electrons. The van der Waals surface area contributed by atoms with Gasteiger partial charge in [-0.25, -0.2) is 4.98 Å². The Morgan fingerprint density at radius 2 is 1.62 bits per heavy atom. The zero-order valence-corrected chi connectivity index (χ0v) is 16.7. The van der Waals surface area contributed by atoms with Gasteiger partial charge < -0.3 is 10.6 Å². The van der Waals surface area contributed by atoms with E-state index in [2.05, 4.69) is 25.6 Å². The van der Waals surface area contributed by atoms with Crippen molar-refractivity contribution in [3.05, 3.63) is 59.4 Å². The number of hydrogen-bond acceptors (Lipinski definition) is 5. The van der Waals surface area contributed by atoms with Crippen LogP contribution in [0.25, 0.3) is 11.3 Å². The van der Waals surface area contributed by atoms with E-state index in [0.29, 0.717) is 17.5 Å². The molecule has 29 heavy (non-hydrogen) atoms. The first kappa shape index (κ1) is 20.9. The number of nitrogens with zero attached hydrogens (tertiary/aromatic N) is 3. The zero-order chi connectivity index (χ0) is 21.2. The van der Waals surface area contributed by atoms with Crippen molar-refractivity contribution >= 4 is 29.1 Å². The van der Waals surface area contributed by atoms with Gasteiger partial charge in [0.2, 0.25) is 5.95 Å². The van der Waals surface area contributed by atoms with Gasteiger partial charge in [0.1, 0.15) is 5.82 Å². The van der Waals surface area contributed by atoms with Gasteiger partial charge >= 0.3 is 6.18 Å². The van der Waals surface area contributed by atoms with Gasteiger partial charge in [-0.05, 0) is 51.1 Å². The number of anilines is 3. The Morgan fingerprint density at radius 3 is 2.24 bits per heavy atom. The maximum absolute atomic E-state index is 13.1. The lowest BCUT2D eigenvalue weighted by molar-refractivity contribution is -0.137. The lowest BCUT2D eigenvalue weighted by atomic mass is 10.1. The van der Waals surface area contributed by atoms with Crippen LogP contribution in [0.1, 0.15) is 26.3 Å². The number of hydrogen-bond donors (Lipinski definition) is 2. The lowest BCUT2D eigenvalue weighted by Crippen LogP contribution is -2.27. The third kappa shape index (κ3) is 5.57. The number of nitrogens with one attached hydrogen (secondary N) is 2. The van der Waals surface area contributed by atoms with Crippen molar-refractivity contribution in [3.8, 4) is 11.3 Å². The Labute approximate surface area is 171 Å². The first-order valence-electron chi connectivity index (χ1n) is 8.73. The predicted octanol–water partition coefficient (Wildman–Crippen LogP) is 6.16. The van der Waals surface area contributed by atoms with E-state index >= 15 is 0 Å². The van der Waals surface area contributed by atoms with E-state index in [9.17, 15) is 13.2 Å². The molecule has 3 aromatic rings. The minimum absolute atomic E-state index is 0.211. The molecule has 0 atom stereocenters. The maximum atomic E-state index is 13.1. The third-order valence-corrected chi connectivity index (χ3v) is 4.06. The molecule has 0 saturated carbocycles. The minimum Gasteiger partial charge on any atom is -0.350 e. The molecule has 0 spiro atoms. The third-order valence-electron chi connectivity index (χ3n) is 3.73.